The maximum atomic E-state index is 13.0. The van der Waals surface area contributed by atoms with E-state index in [0.717, 1.165) is 18.9 Å². The second-order valence-corrected chi connectivity index (χ2v) is 10.5. The van der Waals surface area contributed by atoms with E-state index in [1.54, 1.807) is 0 Å². The average Bonchev–Trinajstić information content (AvgIpc) is 3.27. The van der Waals surface area contributed by atoms with Gasteiger partial charge in [-0.1, -0.05) is 5.16 Å². The molecule has 1 saturated heterocycles. The molecule has 196 valence electrons. The molecule has 2 heterocycles. The molecule has 0 unspecified atom stereocenters. The van der Waals surface area contributed by atoms with E-state index in [-0.39, 0.29) is 62.8 Å². The normalized spacial score (nSPS) is 17.3. The van der Waals surface area contributed by atoms with E-state index in [4.69, 9.17) is 9.26 Å². The summed E-state index contributed by atoms with van der Waals surface area (Å²) < 4.78 is 11.2. The number of nitro groups is 1. The van der Waals surface area contributed by atoms with Gasteiger partial charge in [-0.3, -0.25) is 19.8 Å². The number of benzene rings is 2. The molecule has 0 bridgehead atoms. The van der Waals surface area contributed by atoms with Gasteiger partial charge in [-0.15, -0.1) is 0 Å². The third kappa shape index (κ3) is 5.36. The maximum Gasteiger partial charge on any atom is 0.273 e. The molecule has 3 N–H and O–H groups in total. The molecule has 1 aliphatic heterocycles. The molecule has 1 aromatic heterocycles. The second kappa shape index (κ2) is 9.40. The molecular formula is C26H30N4O7. The zero-order valence-electron chi connectivity index (χ0n) is 21.3. The van der Waals surface area contributed by atoms with Crippen molar-refractivity contribution in [3.63, 3.8) is 0 Å². The van der Waals surface area contributed by atoms with E-state index < -0.39 is 10.8 Å². The number of carbonyl (C=O) groups is 1. The number of phenols is 2. The van der Waals surface area contributed by atoms with Gasteiger partial charge in [0.05, 0.1) is 4.92 Å². The molecule has 1 aliphatic rings. The average molecular weight is 511 g/mol. The number of nitrogens with zero attached hydrogens (tertiary/aromatic N) is 3. The van der Waals surface area contributed by atoms with Crippen LogP contribution in [-0.4, -0.2) is 55.3 Å². The minimum Gasteiger partial charge on any atom is -0.508 e. The van der Waals surface area contributed by atoms with Crippen LogP contribution in [0.2, 0.25) is 0 Å². The third-order valence-corrected chi connectivity index (χ3v) is 6.97. The Bertz CT molecular complexity index is 1310. The molecular weight excluding hydrogens is 480 g/mol. The molecule has 0 spiro atoms. The number of likely N-dealkylation sites (tertiary alicyclic amines) is 1. The summed E-state index contributed by atoms with van der Waals surface area (Å²) >= 11 is 0. The predicted octanol–water partition coefficient (Wildman–Crippen LogP) is 4.83. The van der Waals surface area contributed by atoms with Gasteiger partial charge in [0.1, 0.15) is 28.6 Å². The number of non-ortho nitro benzene ring substituents is 1. The van der Waals surface area contributed by atoms with E-state index in [1.807, 2.05) is 0 Å². The van der Waals surface area contributed by atoms with Crippen molar-refractivity contribution in [2.24, 2.45) is 0 Å². The summed E-state index contributed by atoms with van der Waals surface area (Å²) in [5.41, 5.74) is -0.260. The summed E-state index contributed by atoms with van der Waals surface area (Å²) in [7, 11) is 2.09. The summed E-state index contributed by atoms with van der Waals surface area (Å²) in [6.45, 7) is 8.56. The lowest BCUT2D eigenvalue weighted by atomic mass is 9.77. The molecule has 0 saturated carbocycles. The second-order valence-electron chi connectivity index (χ2n) is 10.5. The van der Waals surface area contributed by atoms with E-state index in [1.165, 1.54) is 36.4 Å². The van der Waals surface area contributed by atoms with Gasteiger partial charge in [-0.2, -0.15) is 0 Å². The van der Waals surface area contributed by atoms with E-state index in [0.29, 0.717) is 0 Å². The highest BCUT2D eigenvalue weighted by Crippen LogP contribution is 2.43. The molecule has 0 aliphatic carbocycles. The van der Waals surface area contributed by atoms with Gasteiger partial charge >= 0.3 is 0 Å². The largest absolute Gasteiger partial charge is 0.508 e. The fourth-order valence-corrected chi connectivity index (χ4v) is 4.91. The molecule has 1 amide bonds. The maximum absolute atomic E-state index is 13.0. The van der Waals surface area contributed by atoms with Gasteiger partial charge in [0.25, 0.3) is 11.6 Å². The van der Waals surface area contributed by atoms with Crippen molar-refractivity contribution >= 4 is 11.6 Å². The number of amides is 1. The van der Waals surface area contributed by atoms with Crippen LogP contribution in [0.4, 0.5) is 5.69 Å². The van der Waals surface area contributed by atoms with Crippen LogP contribution in [0.3, 0.4) is 0 Å². The highest BCUT2D eigenvalue weighted by atomic mass is 16.6. The quantitative estimate of drug-likeness (QED) is 0.313. The first kappa shape index (κ1) is 26.0. The Morgan fingerprint density at radius 2 is 1.76 bits per heavy atom. The molecule has 1 fully saturated rings. The van der Waals surface area contributed by atoms with Gasteiger partial charge < -0.3 is 24.8 Å². The Morgan fingerprint density at radius 3 is 2.35 bits per heavy atom. The fraction of sp³-hybridized carbons (Fsp3) is 0.385. The van der Waals surface area contributed by atoms with Crippen molar-refractivity contribution in [1.82, 2.24) is 15.4 Å². The first-order valence-corrected chi connectivity index (χ1v) is 11.8. The topological polar surface area (TPSA) is 151 Å². The predicted molar refractivity (Wildman–Crippen MR) is 135 cm³/mol. The molecule has 3 aromatic rings. The number of carbonyl (C=O) groups excluding carboxylic acids is 1. The lowest BCUT2D eigenvalue weighted by Crippen LogP contribution is -2.62. The van der Waals surface area contributed by atoms with E-state index in [2.05, 4.69) is 50.1 Å². The van der Waals surface area contributed by atoms with Gasteiger partial charge in [0.2, 0.25) is 0 Å². The standard InChI is InChI=1S/C26H30N4O7/c1-25(2)13-15(14-26(3,4)29(25)5)27-24(33)19-12-22(37-28-19)23-20(32)10-17(31)11-21(23)36-18-8-6-16(7-9-18)30(34)35/h6-12,15,31-32H,13-14H2,1-5H3,(H,27,33). The summed E-state index contributed by atoms with van der Waals surface area (Å²) in [5, 5.41) is 38.4. The minimum atomic E-state index is -0.538. The Hall–Kier alpha value is -4.12. The van der Waals surface area contributed by atoms with Crippen LogP contribution in [0.15, 0.2) is 47.0 Å². The number of hydrogen-bond acceptors (Lipinski definition) is 9. The number of ether oxygens (including phenoxy) is 1. The molecule has 37 heavy (non-hydrogen) atoms. The molecule has 4 rings (SSSR count). The SMILES string of the molecule is CN1C(C)(C)CC(NC(=O)c2cc(-c3c(O)cc(O)cc3Oc3ccc([N+](=O)[O-])cc3)on2)CC1(C)C. The van der Waals surface area contributed by atoms with Crippen molar-refractivity contribution in [3.05, 3.63) is 58.3 Å². The van der Waals surface area contributed by atoms with Crippen molar-refractivity contribution in [2.75, 3.05) is 7.05 Å². The lowest BCUT2D eigenvalue weighted by molar-refractivity contribution is -0.384. The summed E-state index contributed by atoms with van der Waals surface area (Å²) in [6, 6.07) is 8.96. The first-order valence-electron chi connectivity index (χ1n) is 11.8. The third-order valence-electron chi connectivity index (χ3n) is 6.97. The van der Waals surface area contributed by atoms with E-state index in [9.17, 15) is 25.1 Å². The van der Waals surface area contributed by atoms with Crippen LogP contribution in [0.1, 0.15) is 51.0 Å². The number of nitrogens with one attached hydrogen (secondary N) is 1. The van der Waals surface area contributed by atoms with Crippen LogP contribution in [0, 0.1) is 10.1 Å². The Balaban J connectivity index is 1.57. The fourth-order valence-electron chi connectivity index (χ4n) is 4.91. The Kier molecular flexibility index (Phi) is 6.59. The van der Waals surface area contributed by atoms with Crippen LogP contribution < -0.4 is 10.1 Å². The van der Waals surface area contributed by atoms with Gasteiger partial charge in [0.15, 0.2) is 11.5 Å². The monoisotopic (exact) mass is 510 g/mol. The van der Waals surface area contributed by atoms with Crippen LogP contribution in [0.5, 0.6) is 23.0 Å². The van der Waals surface area contributed by atoms with Crippen molar-refractivity contribution in [3.8, 4) is 34.3 Å². The number of phenolic OH excluding ortho intramolecular Hbond substituents is 2. The molecule has 11 nitrogen and oxygen atoms in total. The first-order chi connectivity index (χ1) is 17.3. The number of aromatic nitrogens is 1. The van der Waals surface area contributed by atoms with Gasteiger partial charge in [0, 0.05) is 47.5 Å². The summed E-state index contributed by atoms with van der Waals surface area (Å²) in [6.07, 6.45) is 1.52. The van der Waals surface area contributed by atoms with E-state index >= 15 is 0 Å². The number of rotatable bonds is 6. The molecule has 0 radical (unpaired) electrons. The highest BCUT2D eigenvalue weighted by Gasteiger charge is 2.43. The number of hydrogen-bond donors (Lipinski definition) is 3. The zero-order valence-corrected chi connectivity index (χ0v) is 21.3. The minimum absolute atomic E-state index is 0.00766. The van der Waals surface area contributed by atoms with Crippen molar-refractivity contribution in [2.45, 2.75) is 57.7 Å². The number of nitro benzene ring substituents is 1. The lowest BCUT2D eigenvalue weighted by Gasteiger charge is -2.53. The van der Waals surface area contributed by atoms with Crippen molar-refractivity contribution < 1.29 is 29.2 Å². The number of aromatic hydroxyl groups is 2. The Labute approximate surface area is 213 Å². The summed E-state index contributed by atoms with van der Waals surface area (Å²) in [5.74, 6) is -0.770. The smallest absolute Gasteiger partial charge is 0.273 e. The van der Waals surface area contributed by atoms with Crippen LogP contribution >= 0.6 is 0 Å². The zero-order chi connectivity index (χ0) is 27.1. The highest BCUT2D eigenvalue weighted by molar-refractivity contribution is 5.93. The van der Waals surface area contributed by atoms with Gasteiger partial charge in [-0.25, -0.2) is 0 Å². The molecule has 11 heteroatoms. The molecule has 0 atom stereocenters. The van der Waals surface area contributed by atoms with Crippen LogP contribution in [0.25, 0.3) is 11.3 Å². The van der Waals surface area contributed by atoms with Crippen LogP contribution in [-0.2, 0) is 0 Å². The molecule has 2 aromatic carbocycles. The van der Waals surface area contributed by atoms with Crippen molar-refractivity contribution in [1.29, 1.82) is 0 Å². The van der Waals surface area contributed by atoms with Gasteiger partial charge in [-0.05, 0) is 59.7 Å². The Morgan fingerprint density at radius 1 is 1.14 bits per heavy atom. The number of piperidine rings is 1. The summed E-state index contributed by atoms with van der Waals surface area (Å²) in [4.78, 5) is 25.7.